The molecular weight excluding hydrogens is 312 g/mol. The van der Waals surface area contributed by atoms with Crippen LogP contribution in [0.25, 0.3) is 0 Å². The van der Waals surface area contributed by atoms with Gasteiger partial charge in [0.05, 0.1) is 6.42 Å². The van der Waals surface area contributed by atoms with E-state index in [2.05, 4.69) is 0 Å². The van der Waals surface area contributed by atoms with E-state index in [1.54, 1.807) is 0 Å². The van der Waals surface area contributed by atoms with Gasteiger partial charge in [0.25, 0.3) is 5.91 Å². The molecule has 0 aliphatic carbocycles. The van der Waals surface area contributed by atoms with E-state index in [-0.39, 0.29) is 11.8 Å². The fourth-order valence-electron chi connectivity index (χ4n) is 3.10. The Bertz CT molecular complexity index is 763. The number of rotatable bonds is 3. The van der Waals surface area contributed by atoms with Gasteiger partial charge in [0.15, 0.2) is 0 Å². The molecule has 0 saturated carbocycles. The highest BCUT2D eigenvalue weighted by molar-refractivity contribution is 5.94. The predicted octanol–water partition coefficient (Wildman–Crippen LogP) is 2.83. The molecule has 1 aliphatic heterocycles. The molecule has 0 bridgehead atoms. The van der Waals surface area contributed by atoms with Gasteiger partial charge in [0, 0.05) is 31.7 Å². The zero-order valence-corrected chi connectivity index (χ0v) is 14.9. The van der Waals surface area contributed by atoms with Gasteiger partial charge in [-0.25, -0.2) is 0 Å². The fourth-order valence-corrected chi connectivity index (χ4v) is 3.10. The van der Waals surface area contributed by atoms with E-state index in [9.17, 15) is 9.59 Å². The van der Waals surface area contributed by atoms with Crippen molar-refractivity contribution in [2.24, 2.45) is 0 Å². The summed E-state index contributed by atoms with van der Waals surface area (Å²) in [5.74, 6) is 0.183. The zero-order valence-electron chi connectivity index (χ0n) is 14.9. The molecular formula is C21H24N2O2. The lowest BCUT2D eigenvalue weighted by molar-refractivity contribution is -0.131. The average Bonchev–Trinajstić information content (AvgIpc) is 2.64. The molecule has 2 aromatic rings. The van der Waals surface area contributed by atoms with E-state index in [1.807, 2.05) is 72.2 Å². The van der Waals surface area contributed by atoms with Gasteiger partial charge in [-0.05, 0) is 42.7 Å². The van der Waals surface area contributed by atoms with Crippen LogP contribution in [-0.2, 0) is 11.2 Å². The number of aryl methyl sites for hydroxylation is 2. The summed E-state index contributed by atoms with van der Waals surface area (Å²) in [6, 6.07) is 15.6. The lowest BCUT2D eigenvalue weighted by Crippen LogP contribution is -2.51. The minimum Gasteiger partial charge on any atom is -0.339 e. The molecule has 3 rings (SSSR count). The third-order valence-electron chi connectivity index (χ3n) is 4.87. The monoisotopic (exact) mass is 336 g/mol. The van der Waals surface area contributed by atoms with Crippen LogP contribution in [0.4, 0.5) is 0 Å². The minimum absolute atomic E-state index is 0.0539. The van der Waals surface area contributed by atoms with E-state index >= 15 is 0 Å². The number of piperazine rings is 1. The van der Waals surface area contributed by atoms with Crippen molar-refractivity contribution < 1.29 is 9.59 Å². The molecule has 4 nitrogen and oxygen atoms in total. The SMILES string of the molecule is Cc1ccc(C(=O)N2CCN(C(=O)Cc3ccccc3)CC2)cc1C. The van der Waals surface area contributed by atoms with E-state index in [1.165, 1.54) is 5.56 Å². The Balaban J connectivity index is 1.57. The molecule has 0 spiro atoms. The molecule has 0 radical (unpaired) electrons. The van der Waals surface area contributed by atoms with Gasteiger partial charge in [-0.2, -0.15) is 0 Å². The van der Waals surface area contributed by atoms with Crippen molar-refractivity contribution >= 4 is 11.8 Å². The first-order chi connectivity index (χ1) is 12.0. The molecule has 1 saturated heterocycles. The quantitative estimate of drug-likeness (QED) is 0.865. The highest BCUT2D eigenvalue weighted by Gasteiger charge is 2.24. The number of nitrogens with zero attached hydrogens (tertiary/aromatic N) is 2. The van der Waals surface area contributed by atoms with Crippen molar-refractivity contribution in [3.63, 3.8) is 0 Å². The first-order valence-electron chi connectivity index (χ1n) is 8.73. The van der Waals surface area contributed by atoms with Crippen molar-refractivity contribution in [2.75, 3.05) is 26.2 Å². The maximum Gasteiger partial charge on any atom is 0.253 e. The predicted molar refractivity (Wildman–Crippen MR) is 98.5 cm³/mol. The summed E-state index contributed by atoms with van der Waals surface area (Å²) in [4.78, 5) is 28.8. The molecule has 130 valence electrons. The second-order valence-electron chi connectivity index (χ2n) is 6.63. The van der Waals surface area contributed by atoms with Crippen LogP contribution in [0.1, 0.15) is 27.0 Å². The van der Waals surface area contributed by atoms with Crippen molar-refractivity contribution in [3.05, 3.63) is 70.8 Å². The summed E-state index contributed by atoms with van der Waals surface area (Å²) >= 11 is 0. The van der Waals surface area contributed by atoms with Gasteiger partial charge < -0.3 is 9.80 Å². The summed E-state index contributed by atoms with van der Waals surface area (Å²) in [7, 11) is 0. The highest BCUT2D eigenvalue weighted by Crippen LogP contribution is 2.14. The Morgan fingerprint density at radius 3 is 2.12 bits per heavy atom. The lowest BCUT2D eigenvalue weighted by Gasteiger charge is -2.35. The van der Waals surface area contributed by atoms with Crippen molar-refractivity contribution in [3.8, 4) is 0 Å². The van der Waals surface area contributed by atoms with Gasteiger partial charge >= 0.3 is 0 Å². The van der Waals surface area contributed by atoms with E-state index in [0.717, 1.165) is 16.7 Å². The average molecular weight is 336 g/mol. The summed E-state index contributed by atoms with van der Waals surface area (Å²) < 4.78 is 0. The highest BCUT2D eigenvalue weighted by atomic mass is 16.2. The van der Waals surface area contributed by atoms with Crippen molar-refractivity contribution in [1.29, 1.82) is 0 Å². The molecule has 1 fully saturated rings. The smallest absolute Gasteiger partial charge is 0.253 e. The molecule has 2 amide bonds. The van der Waals surface area contributed by atoms with Crippen LogP contribution < -0.4 is 0 Å². The van der Waals surface area contributed by atoms with Gasteiger partial charge in [-0.3, -0.25) is 9.59 Å². The lowest BCUT2D eigenvalue weighted by atomic mass is 10.1. The summed E-state index contributed by atoms with van der Waals surface area (Å²) in [5, 5.41) is 0. The maximum atomic E-state index is 12.7. The molecule has 0 aromatic heterocycles. The number of hydrogen-bond donors (Lipinski definition) is 0. The molecule has 0 N–H and O–H groups in total. The number of hydrogen-bond acceptors (Lipinski definition) is 2. The van der Waals surface area contributed by atoms with Gasteiger partial charge in [-0.15, -0.1) is 0 Å². The molecule has 0 atom stereocenters. The van der Waals surface area contributed by atoms with Gasteiger partial charge in [-0.1, -0.05) is 36.4 Å². The standard InChI is InChI=1S/C21H24N2O2/c1-16-8-9-19(14-17(16)2)21(25)23-12-10-22(11-13-23)20(24)15-18-6-4-3-5-7-18/h3-9,14H,10-13,15H2,1-2H3. The minimum atomic E-state index is 0.0539. The molecule has 0 unspecified atom stereocenters. The second-order valence-corrected chi connectivity index (χ2v) is 6.63. The Kier molecular flexibility index (Phi) is 5.17. The van der Waals surface area contributed by atoms with Gasteiger partial charge in [0.2, 0.25) is 5.91 Å². The van der Waals surface area contributed by atoms with Gasteiger partial charge in [0.1, 0.15) is 0 Å². The molecule has 1 heterocycles. The summed E-state index contributed by atoms with van der Waals surface area (Å²) in [6.45, 7) is 6.44. The van der Waals surface area contributed by atoms with Crippen LogP contribution >= 0.6 is 0 Å². The summed E-state index contributed by atoms with van der Waals surface area (Å²) in [5.41, 5.74) is 4.07. The third kappa shape index (κ3) is 4.08. The number of carbonyl (C=O) groups is 2. The van der Waals surface area contributed by atoms with Crippen LogP contribution in [0.5, 0.6) is 0 Å². The maximum absolute atomic E-state index is 12.7. The zero-order chi connectivity index (χ0) is 17.8. The molecule has 25 heavy (non-hydrogen) atoms. The summed E-state index contributed by atoms with van der Waals surface area (Å²) in [6.07, 6.45) is 0.423. The van der Waals surface area contributed by atoms with Crippen LogP contribution in [-0.4, -0.2) is 47.8 Å². The third-order valence-corrected chi connectivity index (χ3v) is 4.87. The normalized spacial score (nSPS) is 14.5. The Hall–Kier alpha value is -2.62. The molecule has 2 aromatic carbocycles. The fraction of sp³-hybridized carbons (Fsp3) is 0.333. The Morgan fingerprint density at radius 1 is 0.840 bits per heavy atom. The topological polar surface area (TPSA) is 40.6 Å². The van der Waals surface area contributed by atoms with Crippen LogP contribution in [0.15, 0.2) is 48.5 Å². The largest absolute Gasteiger partial charge is 0.339 e. The number of benzene rings is 2. The van der Waals surface area contributed by atoms with E-state index in [0.29, 0.717) is 32.6 Å². The molecule has 4 heteroatoms. The second kappa shape index (κ2) is 7.51. The molecule has 1 aliphatic rings. The van der Waals surface area contributed by atoms with Crippen LogP contribution in [0.3, 0.4) is 0 Å². The van der Waals surface area contributed by atoms with E-state index in [4.69, 9.17) is 0 Å². The van der Waals surface area contributed by atoms with Crippen molar-refractivity contribution in [1.82, 2.24) is 9.80 Å². The van der Waals surface area contributed by atoms with Crippen molar-refractivity contribution in [2.45, 2.75) is 20.3 Å². The first-order valence-corrected chi connectivity index (χ1v) is 8.73. The Labute approximate surface area is 149 Å². The number of amides is 2. The van der Waals surface area contributed by atoms with Crippen LogP contribution in [0.2, 0.25) is 0 Å². The van der Waals surface area contributed by atoms with Crippen LogP contribution in [0, 0.1) is 13.8 Å². The Morgan fingerprint density at radius 2 is 1.48 bits per heavy atom. The first kappa shape index (κ1) is 17.2. The van der Waals surface area contributed by atoms with E-state index < -0.39 is 0 Å². The number of carbonyl (C=O) groups excluding carboxylic acids is 2.